The molecule has 19 heavy (non-hydrogen) atoms. The topological polar surface area (TPSA) is 71.1 Å². The van der Waals surface area contributed by atoms with Gasteiger partial charge in [-0.1, -0.05) is 5.16 Å². The molecule has 0 aliphatic carbocycles. The van der Waals surface area contributed by atoms with Gasteiger partial charge >= 0.3 is 0 Å². The van der Waals surface area contributed by atoms with E-state index in [-0.39, 0.29) is 10.3 Å². The Morgan fingerprint density at radius 2 is 2.05 bits per heavy atom. The molecule has 1 fully saturated rings. The molecule has 1 aliphatic rings. The van der Waals surface area contributed by atoms with Gasteiger partial charge in [-0.25, -0.2) is 0 Å². The average Bonchev–Trinajstić information content (AvgIpc) is 2.45. The van der Waals surface area contributed by atoms with Crippen molar-refractivity contribution in [3.63, 3.8) is 0 Å². The van der Waals surface area contributed by atoms with Gasteiger partial charge in [0.2, 0.25) is 0 Å². The quantitative estimate of drug-likeness (QED) is 0.337. The summed E-state index contributed by atoms with van der Waals surface area (Å²) >= 11 is 1.69. The minimum Gasteiger partial charge on any atom is -0.409 e. The van der Waals surface area contributed by atoms with Crippen LogP contribution in [-0.4, -0.2) is 59.3 Å². The van der Waals surface area contributed by atoms with Crippen LogP contribution in [0.2, 0.25) is 0 Å². The number of rotatable bonds is 6. The summed E-state index contributed by atoms with van der Waals surface area (Å²) in [7, 11) is 1.76. The largest absolute Gasteiger partial charge is 0.409 e. The van der Waals surface area contributed by atoms with Crippen molar-refractivity contribution in [2.45, 2.75) is 43.5 Å². The number of nitrogens with zero attached hydrogens (tertiary/aromatic N) is 2. The van der Waals surface area contributed by atoms with Gasteiger partial charge in [0.05, 0.1) is 10.3 Å². The minimum atomic E-state index is -0.192. The molecule has 0 aromatic heterocycles. The van der Waals surface area contributed by atoms with E-state index in [0.717, 1.165) is 38.9 Å². The Hall–Kier alpha value is -0.460. The Morgan fingerprint density at radius 3 is 2.47 bits per heavy atom. The van der Waals surface area contributed by atoms with Crippen LogP contribution in [0.25, 0.3) is 0 Å². The molecule has 5 nitrogen and oxygen atoms in total. The lowest BCUT2D eigenvalue weighted by Gasteiger charge is -2.40. The standard InChI is InChI=1S/C13H27N3O2S/c1-12(2,18-3)5-8-16-9-6-13(19-4,7-10-16)11(14)15-17/h17H,5-10H2,1-4H3,(H2,14,15). The van der Waals surface area contributed by atoms with Gasteiger partial charge in [0.25, 0.3) is 0 Å². The summed E-state index contributed by atoms with van der Waals surface area (Å²) in [5, 5.41) is 12.1. The summed E-state index contributed by atoms with van der Waals surface area (Å²) in [6.07, 6.45) is 4.90. The first-order valence-electron chi connectivity index (χ1n) is 6.70. The Bertz CT molecular complexity index is 313. The van der Waals surface area contributed by atoms with Gasteiger partial charge in [0.15, 0.2) is 5.84 Å². The first kappa shape index (κ1) is 16.6. The first-order valence-corrected chi connectivity index (χ1v) is 7.92. The van der Waals surface area contributed by atoms with Crippen LogP contribution >= 0.6 is 11.8 Å². The number of ether oxygens (including phenoxy) is 1. The molecule has 0 atom stereocenters. The lowest BCUT2D eigenvalue weighted by Crippen LogP contribution is -2.50. The zero-order chi connectivity index (χ0) is 14.5. The Balaban J connectivity index is 2.48. The van der Waals surface area contributed by atoms with Crippen molar-refractivity contribution < 1.29 is 9.94 Å². The molecule has 0 bridgehead atoms. The molecular formula is C13H27N3O2S. The summed E-state index contributed by atoms with van der Waals surface area (Å²) in [6.45, 7) is 7.22. The molecular weight excluding hydrogens is 262 g/mol. The third-order valence-electron chi connectivity index (χ3n) is 4.21. The van der Waals surface area contributed by atoms with Gasteiger partial charge in [0.1, 0.15) is 0 Å². The molecule has 1 rings (SSSR count). The van der Waals surface area contributed by atoms with E-state index in [9.17, 15) is 0 Å². The summed E-state index contributed by atoms with van der Waals surface area (Å²) in [5.41, 5.74) is 5.77. The van der Waals surface area contributed by atoms with Gasteiger partial charge in [-0.2, -0.15) is 11.8 Å². The molecule has 112 valence electrons. The van der Waals surface area contributed by atoms with Crippen LogP contribution < -0.4 is 5.73 Å². The zero-order valence-corrected chi connectivity index (χ0v) is 13.3. The summed E-state index contributed by atoms with van der Waals surface area (Å²) in [4.78, 5) is 2.43. The van der Waals surface area contributed by atoms with Crippen molar-refractivity contribution in [3.05, 3.63) is 0 Å². The third-order valence-corrected chi connectivity index (χ3v) is 5.61. The highest BCUT2D eigenvalue weighted by Gasteiger charge is 2.38. The van der Waals surface area contributed by atoms with Crippen LogP contribution in [-0.2, 0) is 4.74 Å². The highest BCUT2D eigenvalue weighted by atomic mass is 32.2. The van der Waals surface area contributed by atoms with Gasteiger partial charge in [-0.05, 0) is 52.5 Å². The van der Waals surface area contributed by atoms with Crippen LogP contribution in [0.4, 0.5) is 0 Å². The molecule has 0 spiro atoms. The van der Waals surface area contributed by atoms with Crippen molar-refractivity contribution in [1.82, 2.24) is 4.90 Å². The van der Waals surface area contributed by atoms with Gasteiger partial charge in [0, 0.05) is 13.7 Å². The van der Waals surface area contributed by atoms with Crippen LogP contribution in [0.3, 0.4) is 0 Å². The van der Waals surface area contributed by atoms with Gasteiger partial charge in [-0.3, -0.25) is 0 Å². The maximum atomic E-state index is 8.91. The third kappa shape index (κ3) is 4.26. The fourth-order valence-electron chi connectivity index (χ4n) is 2.32. The van der Waals surface area contributed by atoms with Crippen LogP contribution in [0, 0.1) is 0 Å². The van der Waals surface area contributed by atoms with E-state index in [2.05, 4.69) is 23.9 Å². The zero-order valence-electron chi connectivity index (χ0n) is 12.5. The number of methoxy groups -OCH3 is 1. The lowest BCUT2D eigenvalue weighted by molar-refractivity contribution is 0.00590. The number of hydrogen-bond acceptors (Lipinski definition) is 5. The second-order valence-electron chi connectivity index (χ2n) is 5.74. The van der Waals surface area contributed by atoms with Crippen LogP contribution in [0.15, 0.2) is 5.16 Å². The smallest absolute Gasteiger partial charge is 0.155 e. The van der Waals surface area contributed by atoms with Crippen molar-refractivity contribution in [3.8, 4) is 0 Å². The van der Waals surface area contributed by atoms with Gasteiger partial charge in [-0.15, -0.1) is 0 Å². The summed E-state index contributed by atoms with van der Waals surface area (Å²) in [5.74, 6) is 0.358. The Labute approximate surface area is 120 Å². The molecule has 1 saturated heterocycles. The molecule has 1 heterocycles. The van der Waals surface area contributed by atoms with E-state index in [0.29, 0.717) is 5.84 Å². The van der Waals surface area contributed by atoms with E-state index in [4.69, 9.17) is 15.7 Å². The number of piperidine rings is 1. The molecule has 0 unspecified atom stereocenters. The molecule has 0 radical (unpaired) electrons. The molecule has 3 N–H and O–H groups in total. The van der Waals surface area contributed by atoms with E-state index < -0.39 is 0 Å². The molecule has 6 heteroatoms. The summed E-state index contributed by atoms with van der Waals surface area (Å²) < 4.78 is 5.25. The minimum absolute atomic E-state index is 0.0698. The fourth-order valence-corrected chi connectivity index (χ4v) is 3.16. The lowest BCUT2D eigenvalue weighted by atomic mass is 9.93. The Kier molecular flexibility index (Phi) is 5.95. The van der Waals surface area contributed by atoms with Crippen molar-refractivity contribution in [2.75, 3.05) is 33.0 Å². The second-order valence-corrected chi connectivity index (χ2v) is 6.93. The number of oxime groups is 1. The van der Waals surface area contributed by atoms with Crippen molar-refractivity contribution in [2.24, 2.45) is 10.9 Å². The van der Waals surface area contributed by atoms with E-state index in [1.165, 1.54) is 0 Å². The van der Waals surface area contributed by atoms with Gasteiger partial charge < -0.3 is 20.6 Å². The highest BCUT2D eigenvalue weighted by Crippen LogP contribution is 2.35. The molecule has 0 amide bonds. The maximum absolute atomic E-state index is 8.91. The van der Waals surface area contributed by atoms with E-state index in [1.807, 2.05) is 6.26 Å². The molecule has 0 aromatic carbocycles. The van der Waals surface area contributed by atoms with E-state index >= 15 is 0 Å². The normalized spacial score (nSPS) is 21.6. The number of thioether (sulfide) groups is 1. The molecule has 0 saturated carbocycles. The summed E-state index contributed by atoms with van der Waals surface area (Å²) in [6, 6.07) is 0. The predicted octanol–water partition coefficient (Wildman–Crippen LogP) is 1.75. The highest BCUT2D eigenvalue weighted by molar-refractivity contribution is 8.00. The fraction of sp³-hybridized carbons (Fsp3) is 0.923. The number of likely N-dealkylation sites (tertiary alicyclic amines) is 1. The number of nitrogens with two attached hydrogens (primary N) is 1. The second kappa shape index (κ2) is 6.81. The number of amidine groups is 1. The maximum Gasteiger partial charge on any atom is 0.155 e. The van der Waals surface area contributed by atoms with Crippen LogP contribution in [0.1, 0.15) is 33.1 Å². The Morgan fingerprint density at radius 1 is 1.47 bits per heavy atom. The van der Waals surface area contributed by atoms with Crippen molar-refractivity contribution >= 4 is 17.6 Å². The monoisotopic (exact) mass is 289 g/mol. The number of hydrogen-bond donors (Lipinski definition) is 2. The first-order chi connectivity index (χ1) is 8.89. The van der Waals surface area contributed by atoms with E-state index in [1.54, 1.807) is 18.9 Å². The average molecular weight is 289 g/mol. The predicted molar refractivity (Wildman–Crippen MR) is 81.0 cm³/mol. The molecule has 1 aliphatic heterocycles. The van der Waals surface area contributed by atoms with Crippen molar-refractivity contribution in [1.29, 1.82) is 0 Å². The van der Waals surface area contributed by atoms with Crippen LogP contribution in [0.5, 0.6) is 0 Å². The molecule has 0 aromatic rings. The SMILES string of the molecule is COC(C)(C)CCN1CCC(SC)(C(N)=NO)CC1.